The molecule has 15 heteroatoms. The summed E-state index contributed by atoms with van der Waals surface area (Å²) in [6, 6.07) is 1.35. The summed E-state index contributed by atoms with van der Waals surface area (Å²) < 4.78 is 63.1. The smallest absolute Gasteiger partial charge is 0.317 e. The van der Waals surface area contributed by atoms with Crippen LogP contribution in [0.15, 0.2) is 38.2 Å². The zero-order chi connectivity index (χ0) is 19.0. The quantitative estimate of drug-likeness (QED) is 0.350. The molecule has 1 aromatic carbocycles. The Hall–Kier alpha value is -2.88. The number of hydrogen-bond acceptors (Lipinski definition) is 11. The van der Waals surface area contributed by atoms with E-state index in [-0.39, 0.29) is 5.69 Å². The molecule has 0 fully saturated rings. The van der Waals surface area contributed by atoms with Gasteiger partial charge in [0.1, 0.15) is 10.6 Å². The van der Waals surface area contributed by atoms with Crippen molar-refractivity contribution in [1.29, 1.82) is 0 Å². The van der Waals surface area contributed by atoms with Gasteiger partial charge in [-0.25, -0.2) is 0 Å². The van der Waals surface area contributed by atoms with Crippen LogP contribution in [-0.4, -0.2) is 41.0 Å². The van der Waals surface area contributed by atoms with E-state index in [9.17, 15) is 16.8 Å². The van der Waals surface area contributed by atoms with E-state index >= 15 is 0 Å². The molecule has 0 aliphatic carbocycles. The molecule has 134 valence electrons. The molecule has 0 bridgehead atoms. The lowest BCUT2D eigenvalue weighted by atomic mass is 10.3. The number of nitrogens with two attached hydrogens (primary N) is 2. The summed E-state index contributed by atoms with van der Waals surface area (Å²) >= 11 is 0. The van der Waals surface area contributed by atoms with E-state index in [1.165, 1.54) is 0 Å². The van der Waals surface area contributed by atoms with Gasteiger partial charge in [-0.15, -0.1) is 10.2 Å². The molecule has 0 radical (unpaired) electrons. The van der Waals surface area contributed by atoms with Gasteiger partial charge in [-0.05, 0) is 18.2 Å². The summed E-state index contributed by atoms with van der Waals surface area (Å²) in [5.41, 5.74) is 9.95. The number of anilines is 2. The SMILES string of the molecule is Nc1nc(O)nc(N)c1/N=N/c1cc(S(=O)(=O)O)ccc1S(=O)(=O)O. The van der Waals surface area contributed by atoms with Crippen LogP contribution in [-0.2, 0) is 20.2 Å². The van der Waals surface area contributed by atoms with E-state index in [2.05, 4.69) is 20.2 Å². The molecule has 2 rings (SSSR count). The molecule has 0 spiro atoms. The highest BCUT2D eigenvalue weighted by Gasteiger charge is 2.20. The Bertz CT molecular complexity index is 1060. The van der Waals surface area contributed by atoms with Gasteiger partial charge >= 0.3 is 6.01 Å². The number of hydrogen-bond donors (Lipinski definition) is 5. The highest BCUT2D eigenvalue weighted by molar-refractivity contribution is 7.86. The van der Waals surface area contributed by atoms with Crippen molar-refractivity contribution in [2.75, 3.05) is 11.5 Å². The van der Waals surface area contributed by atoms with Gasteiger partial charge in [-0.2, -0.15) is 26.8 Å². The zero-order valence-corrected chi connectivity index (χ0v) is 13.6. The minimum Gasteiger partial charge on any atom is -0.479 e. The second-order valence-electron chi connectivity index (χ2n) is 4.42. The summed E-state index contributed by atoms with van der Waals surface area (Å²) in [4.78, 5) is 5.23. The molecule has 0 unspecified atom stereocenters. The number of benzene rings is 1. The van der Waals surface area contributed by atoms with Gasteiger partial charge in [0, 0.05) is 0 Å². The van der Waals surface area contributed by atoms with Crippen molar-refractivity contribution in [3.05, 3.63) is 18.2 Å². The molecule has 0 saturated heterocycles. The van der Waals surface area contributed by atoms with Gasteiger partial charge in [-0.1, -0.05) is 0 Å². The summed E-state index contributed by atoms with van der Waals surface area (Å²) in [6.45, 7) is 0. The Balaban J connectivity index is 2.65. The van der Waals surface area contributed by atoms with Crippen molar-refractivity contribution >= 4 is 43.2 Å². The molecule has 0 aliphatic rings. The topological polar surface area (TPSA) is 232 Å². The average Bonchev–Trinajstić information content (AvgIpc) is 2.43. The molecule has 7 N–H and O–H groups in total. The van der Waals surface area contributed by atoms with Crippen molar-refractivity contribution in [1.82, 2.24) is 9.97 Å². The minimum atomic E-state index is -4.79. The Morgan fingerprint density at radius 2 is 1.48 bits per heavy atom. The van der Waals surface area contributed by atoms with Crippen LogP contribution in [0.1, 0.15) is 0 Å². The average molecular weight is 390 g/mol. The van der Waals surface area contributed by atoms with Crippen LogP contribution in [0.2, 0.25) is 0 Å². The monoisotopic (exact) mass is 390 g/mol. The van der Waals surface area contributed by atoms with Crippen molar-refractivity contribution in [2.45, 2.75) is 9.79 Å². The van der Waals surface area contributed by atoms with Crippen molar-refractivity contribution in [3.8, 4) is 6.01 Å². The van der Waals surface area contributed by atoms with Crippen molar-refractivity contribution in [3.63, 3.8) is 0 Å². The molecule has 0 atom stereocenters. The Morgan fingerprint density at radius 1 is 0.920 bits per heavy atom. The van der Waals surface area contributed by atoms with Gasteiger partial charge in [-0.3, -0.25) is 9.11 Å². The van der Waals surface area contributed by atoms with Gasteiger partial charge in [0.2, 0.25) is 0 Å². The van der Waals surface area contributed by atoms with E-state index in [0.29, 0.717) is 12.1 Å². The van der Waals surface area contributed by atoms with Gasteiger partial charge < -0.3 is 16.6 Å². The fraction of sp³-hybridized carbons (Fsp3) is 0. The standard InChI is InChI=1S/C10H10N6O7S2/c11-8-7(9(12)14-10(17)13-8)16-15-5-3-4(24(18,19)20)1-2-6(5)25(21,22)23/h1-3H,(H,18,19,20)(H,21,22,23)(H5,11,12,13,14,17)/b16-15+. The molecule has 1 aromatic heterocycles. The molecule has 25 heavy (non-hydrogen) atoms. The number of azo groups is 1. The number of nitrogen functional groups attached to an aromatic ring is 2. The third-order valence-corrected chi connectivity index (χ3v) is 4.44. The molecule has 0 aliphatic heterocycles. The first-order chi connectivity index (χ1) is 11.4. The van der Waals surface area contributed by atoms with E-state index in [1.807, 2.05) is 0 Å². The van der Waals surface area contributed by atoms with Crippen LogP contribution in [0.4, 0.5) is 23.0 Å². The second-order valence-corrected chi connectivity index (χ2v) is 7.23. The van der Waals surface area contributed by atoms with Crippen LogP contribution in [0.5, 0.6) is 6.01 Å². The molecular weight excluding hydrogens is 380 g/mol. The molecule has 1 heterocycles. The van der Waals surface area contributed by atoms with E-state index < -0.39 is 53.4 Å². The van der Waals surface area contributed by atoms with Gasteiger partial charge in [0.25, 0.3) is 20.2 Å². The van der Waals surface area contributed by atoms with Crippen LogP contribution in [0, 0.1) is 0 Å². The molecule has 0 saturated carbocycles. The Kier molecular flexibility index (Phi) is 4.58. The Labute approximate surface area is 140 Å². The highest BCUT2D eigenvalue weighted by Crippen LogP contribution is 2.32. The van der Waals surface area contributed by atoms with Crippen molar-refractivity contribution in [2.24, 2.45) is 10.2 Å². The van der Waals surface area contributed by atoms with E-state index in [1.54, 1.807) is 0 Å². The number of aromatic hydroxyl groups is 1. The largest absolute Gasteiger partial charge is 0.479 e. The van der Waals surface area contributed by atoms with Crippen molar-refractivity contribution < 1.29 is 31.0 Å². The lowest BCUT2D eigenvalue weighted by Crippen LogP contribution is -2.02. The minimum absolute atomic E-state index is 0.337. The first-order valence-corrected chi connectivity index (χ1v) is 8.90. The van der Waals surface area contributed by atoms with Crippen LogP contribution < -0.4 is 11.5 Å². The maximum Gasteiger partial charge on any atom is 0.317 e. The fourth-order valence-corrected chi connectivity index (χ4v) is 2.74. The first-order valence-electron chi connectivity index (χ1n) is 6.02. The summed E-state index contributed by atoms with van der Waals surface area (Å²) in [7, 11) is -9.47. The van der Waals surface area contributed by atoms with Crippen LogP contribution >= 0.6 is 0 Å². The number of nitrogens with zero attached hydrogens (tertiary/aromatic N) is 4. The summed E-state index contributed by atoms with van der Waals surface area (Å²) in [5, 5.41) is 16.1. The third kappa shape index (κ3) is 4.15. The molecule has 2 aromatic rings. The van der Waals surface area contributed by atoms with E-state index in [0.717, 1.165) is 6.07 Å². The summed E-state index contributed by atoms with van der Waals surface area (Å²) in [5.74, 6) is -0.791. The normalized spacial score (nSPS) is 12.6. The predicted molar refractivity (Wildman–Crippen MR) is 82.8 cm³/mol. The van der Waals surface area contributed by atoms with Crippen LogP contribution in [0.3, 0.4) is 0 Å². The summed E-state index contributed by atoms with van der Waals surface area (Å²) in [6.07, 6.45) is 0. The van der Waals surface area contributed by atoms with Gasteiger partial charge in [0.15, 0.2) is 17.3 Å². The van der Waals surface area contributed by atoms with Gasteiger partial charge in [0.05, 0.1) is 4.90 Å². The zero-order valence-electron chi connectivity index (χ0n) is 12.0. The third-order valence-electron chi connectivity index (χ3n) is 2.69. The highest BCUT2D eigenvalue weighted by atomic mass is 32.2. The maximum absolute atomic E-state index is 11.3. The predicted octanol–water partition coefficient (Wildman–Crippen LogP) is 0.255. The Morgan fingerprint density at radius 3 is 1.96 bits per heavy atom. The molecule has 0 amide bonds. The maximum atomic E-state index is 11.3. The molecule has 13 nitrogen and oxygen atoms in total. The fourth-order valence-electron chi connectivity index (χ4n) is 1.64. The lowest BCUT2D eigenvalue weighted by molar-refractivity contribution is 0.432. The lowest BCUT2D eigenvalue weighted by Gasteiger charge is -2.05. The second kappa shape index (κ2) is 6.20. The molecular formula is C10H10N6O7S2. The first kappa shape index (κ1) is 18.5. The van der Waals surface area contributed by atoms with E-state index in [4.69, 9.17) is 25.7 Å². The number of rotatable bonds is 4. The van der Waals surface area contributed by atoms with Crippen LogP contribution in [0.25, 0.3) is 0 Å². The number of aromatic nitrogens is 2.